The Balaban J connectivity index is 0.00000242. The maximum absolute atomic E-state index is 12.6. The third-order valence-corrected chi connectivity index (χ3v) is 6.37. The van der Waals surface area contributed by atoms with E-state index in [4.69, 9.17) is 0 Å². The van der Waals surface area contributed by atoms with Crippen LogP contribution in [0.4, 0.5) is 0 Å². The van der Waals surface area contributed by atoms with Crippen LogP contribution in [0.15, 0.2) is 28.3 Å². The maximum Gasteiger partial charge on any atom is 0.244 e. The van der Waals surface area contributed by atoms with Crippen LogP contribution in [-0.4, -0.2) is 57.6 Å². The molecule has 0 aromatic carbocycles. The van der Waals surface area contributed by atoms with Gasteiger partial charge in [-0.15, -0.1) is 12.4 Å². The summed E-state index contributed by atoms with van der Waals surface area (Å²) in [5.41, 5.74) is 0. The third kappa shape index (κ3) is 3.96. The van der Waals surface area contributed by atoms with E-state index in [-0.39, 0.29) is 34.4 Å². The molecule has 1 N–H and O–H groups in total. The van der Waals surface area contributed by atoms with Gasteiger partial charge < -0.3 is 5.32 Å². The van der Waals surface area contributed by atoms with E-state index in [1.54, 1.807) is 0 Å². The molecule has 0 amide bonds. The summed E-state index contributed by atoms with van der Waals surface area (Å²) in [4.78, 5) is 3.76. The Kier molecular flexibility index (Phi) is 5.96. The highest BCUT2D eigenvalue weighted by molar-refractivity contribution is 7.90. The largest absolute Gasteiger partial charge is 0.311 e. The normalized spacial score (nSPS) is 23.8. The fourth-order valence-electron chi connectivity index (χ4n) is 2.20. The second kappa shape index (κ2) is 6.79. The minimum Gasteiger partial charge on any atom is -0.311 e. The molecular weight excluding hydrogens is 350 g/mol. The molecule has 1 aliphatic heterocycles. The molecule has 0 aliphatic carbocycles. The number of rotatable bonds is 3. The number of piperazine rings is 1. The van der Waals surface area contributed by atoms with E-state index in [0.29, 0.717) is 13.1 Å². The molecule has 0 saturated carbocycles. The lowest BCUT2D eigenvalue weighted by Crippen LogP contribution is -2.56. The van der Waals surface area contributed by atoms with Gasteiger partial charge in [0.25, 0.3) is 0 Å². The van der Waals surface area contributed by atoms with E-state index < -0.39 is 19.9 Å². The smallest absolute Gasteiger partial charge is 0.244 e. The monoisotopic (exact) mass is 369 g/mol. The predicted octanol–water partition coefficient (Wildman–Crippen LogP) is 0.278. The van der Waals surface area contributed by atoms with Crippen molar-refractivity contribution in [3.05, 3.63) is 18.3 Å². The lowest BCUT2D eigenvalue weighted by molar-refractivity contribution is 0.244. The summed E-state index contributed by atoms with van der Waals surface area (Å²) < 4.78 is 49.4. The molecule has 10 heteroatoms. The van der Waals surface area contributed by atoms with Crippen LogP contribution in [0.25, 0.3) is 0 Å². The summed E-state index contributed by atoms with van der Waals surface area (Å²) in [6.07, 6.45) is 2.13. The van der Waals surface area contributed by atoms with Crippen molar-refractivity contribution < 1.29 is 16.8 Å². The molecule has 0 spiro atoms. The van der Waals surface area contributed by atoms with E-state index in [9.17, 15) is 16.8 Å². The molecule has 126 valence electrons. The molecule has 1 aromatic rings. The summed E-state index contributed by atoms with van der Waals surface area (Å²) in [6.45, 7) is 4.70. The predicted molar refractivity (Wildman–Crippen MR) is 85.4 cm³/mol. The first-order valence-corrected chi connectivity index (χ1v) is 9.87. The van der Waals surface area contributed by atoms with Crippen LogP contribution < -0.4 is 5.32 Å². The number of nitrogens with zero attached hydrogens (tertiary/aromatic N) is 2. The maximum atomic E-state index is 12.6. The van der Waals surface area contributed by atoms with Crippen LogP contribution in [0.5, 0.6) is 0 Å². The summed E-state index contributed by atoms with van der Waals surface area (Å²) in [5.74, 6) is 0. The number of hydrogen-bond acceptors (Lipinski definition) is 6. The summed E-state index contributed by atoms with van der Waals surface area (Å²) in [6, 6.07) is 2.41. The van der Waals surface area contributed by atoms with E-state index in [1.807, 2.05) is 13.8 Å². The molecule has 2 heterocycles. The van der Waals surface area contributed by atoms with Crippen molar-refractivity contribution in [2.75, 3.05) is 19.3 Å². The van der Waals surface area contributed by atoms with Gasteiger partial charge >= 0.3 is 0 Å². The van der Waals surface area contributed by atoms with Crippen molar-refractivity contribution >= 4 is 32.3 Å². The number of hydrogen-bond donors (Lipinski definition) is 1. The first kappa shape index (κ1) is 19.3. The second-order valence-corrected chi connectivity index (χ2v) is 9.19. The van der Waals surface area contributed by atoms with Gasteiger partial charge in [0, 0.05) is 37.6 Å². The third-order valence-electron chi connectivity index (χ3n) is 3.40. The Hall–Kier alpha value is -0.740. The summed E-state index contributed by atoms with van der Waals surface area (Å²) in [7, 11) is -7.11. The van der Waals surface area contributed by atoms with E-state index in [1.165, 1.54) is 16.4 Å². The molecule has 7 nitrogen and oxygen atoms in total. The van der Waals surface area contributed by atoms with Crippen LogP contribution in [0.1, 0.15) is 13.8 Å². The first-order valence-electron chi connectivity index (χ1n) is 6.53. The molecule has 2 rings (SSSR count). The van der Waals surface area contributed by atoms with Gasteiger partial charge in [0.1, 0.15) is 4.90 Å². The molecule has 1 aromatic heterocycles. The molecule has 0 bridgehead atoms. The molecule has 1 saturated heterocycles. The molecule has 22 heavy (non-hydrogen) atoms. The first-order chi connectivity index (χ1) is 9.62. The van der Waals surface area contributed by atoms with E-state index >= 15 is 0 Å². The van der Waals surface area contributed by atoms with Gasteiger partial charge in [-0.2, -0.15) is 4.31 Å². The molecular formula is C12H20ClN3O4S2. The van der Waals surface area contributed by atoms with Gasteiger partial charge in [0.05, 0.1) is 0 Å². The fourth-order valence-corrected chi connectivity index (χ4v) is 4.42. The average molecular weight is 370 g/mol. The highest BCUT2D eigenvalue weighted by Gasteiger charge is 2.33. The van der Waals surface area contributed by atoms with Crippen LogP contribution in [0.3, 0.4) is 0 Å². The summed E-state index contributed by atoms with van der Waals surface area (Å²) in [5, 5.41) is 3.08. The van der Waals surface area contributed by atoms with Crippen LogP contribution in [0.2, 0.25) is 0 Å². The Morgan fingerprint density at radius 2 is 1.86 bits per heavy atom. The number of aromatic nitrogens is 1. The van der Waals surface area contributed by atoms with Gasteiger partial charge in [0.15, 0.2) is 14.9 Å². The fraction of sp³-hybridized carbons (Fsp3) is 0.583. The van der Waals surface area contributed by atoms with Crippen LogP contribution >= 0.6 is 12.4 Å². The minimum atomic E-state index is -3.67. The highest BCUT2D eigenvalue weighted by atomic mass is 35.5. The number of sulfone groups is 1. The van der Waals surface area contributed by atoms with Gasteiger partial charge in [-0.05, 0) is 26.0 Å². The Morgan fingerprint density at radius 3 is 2.36 bits per heavy atom. The van der Waals surface area contributed by atoms with E-state index in [2.05, 4.69) is 10.3 Å². The minimum absolute atomic E-state index is 0. The topological polar surface area (TPSA) is 96.4 Å². The van der Waals surface area contributed by atoms with Crippen LogP contribution in [-0.2, 0) is 19.9 Å². The lowest BCUT2D eigenvalue weighted by atomic mass is 10.2. The van der Waals surface area contributed by atoms with Gasteiger partial charge in [-0.3, -0.25) is 0 Å². The average Bonchev–Trinajstić information content (AvgIpc) is 2.40. The van der Waals surface area contributed by atoms with Crippen molar-refractivity contribution in [3.8, 4) is 0 Å². The van der Waals surface area contributed by atoms with Crippen molar-refractivity contribution in [3.63, 3.8) is 0 Å². The van der Waals surface area contributed by atoms with Crippen molar-refractivity contribution in [2.45, 2.75) is 35.9 Å². The highest BCUT2D eigenvalue weighted by Crippen LogP contribution is 2.20. The zero-order valence-corrected chi connectivity index (χ0v) is 15.0. The Labute approximate surface area is 137 Å². The van der Waals surface area contributed by atoms with Crippen molar-refractivity contribution in [1.29, 1.82) is 0 Å². The number of pyridine rings is 1. The number of sulfonamides is 1. The van der Waals surface area contributed by atoms with E-state index in [0.717, 1.165) is 12.5 Å². The number of halogens is 1. The molecule has 1 aliphatic rings. The Morgan fingerprint density at radius 1 is 1.23 bits per heavy atom. The molecule has 0 radical (unpaired) electrons. The zero-order valence-electron chi connectivity index (χ0n) is 12.6. The summed E-state index contributed by atoms with van der Waals surface area (Å²) >= 11 is 0. The van der Waals surface area contributed by atoms with Gasteiger partial charge in [-0.1, -0.05) is 0 Å². The Bertz CT molecular complexity index is 719. The van der Waals surface area contributed by atoms with Crippen molar-refractivity contribution in [2.24, 2.45) is 0 Å². The van der Waals surface area contributed by atoms with Crippen molar-refractivity contribution in [1.82, 2.24) is 14.6 Å². The molecule has 2 atom stereocenters. The molecule has 2 unspecified atom stereocenters. The zero-order chi connectivity index (χ0) is 15.8. The van der Waals surface area contributed by atoms with Gasteiger partial charge in [0.2, 0.25) is 10.0 Å². The van der Waals surface area contributed by atoms with Gasteiger partial charge in [-0.25, -0.2) is 21.8 Å². The standard InChI is InChI=1S/C12H19N3O4S2.ClH/c1-9-8-15(10(2)6-13-9)21(18,19)11-4-5-12(14-7-11)20(3,16)17;/h4-5,7,9-10,13H,6,8H2,1-3H3;1H. The SMILES string of the molecule is CC1CN(S(=O)(=O)c2ccc(S(C)(=O)=O)nc2)C(C)CN1.Cl. The van der Waals surface area contributed by atoms with Crippen LogP contribution in [0, 0.1) is 0 Å². The lowest BCUT2D eigenvalue weighted by Gasteiger charge is -2.36. The molecule has 1 fully saturated rings. The second-order valence-electron chi connectivity index (χ2n) is 5.34. The number of nitrogens with one attached hydrogen (secondary N) is 1. The quantitative estimate of drug-likeness (QED) is 0.821.